The predicted octanol–water partition coefficient (Wildman–Crippen LogP) is 2.29. The number of fused-ring (bicyclic) bond motifs is 1. The van der Waals surface area contributed by atoms with Crippen LogP contribution in [0.25, 0.3) is 0 Å². The van der Waals surface area contributed by atoms with E-state index in [1.165, 1.54) is 19.2 Å². The summed E-state index contributed by atoms with van der Waals surface area (Å²) in [6, 6.07) is 9.32. The van der Waals surface area contributed by atoms with E-state index >= 15 is 0 Å². The topological polar surface area (TPSA) is 113 Å². The number of amides is 3. The molecule has 11 heteroatoms. The standard InChI is InChI=1S/C20H18ClN5O5/c1-30-13-6-4-12(5-7-13)26-19(28)17-18(20(26)29)25(24-23-17)10-16(27)22-14-9-11(21)3-8-15(14)31-2/h3-9,17-18H,10H2,1-2H3,(H,22,27)/t17-,18-/m1/s1. The summed E-state index contributed by atoms with van der Waals surface area (Å²) < 4.78 is 10.3. The van der Waals surface area contributed by atoms with Gasteiger partial charge in [-0.15, -0.1) is 0 Å². The molecule has 2 atom stereocenters. The third-order valence-electron chi connectivity index (χ3n) is 4.93. The van der Waals surface area contributed by atoms with E-state index in [0.29, 0.717) is 27.9 Å². The molecule has 0 saturated carbocycles. The normalized spacial score (nSPS) is 19.6. The fourth-order valence-corrected chi connectivity index (χ4v) is 3.63. The number of ether oxygens (including phenoxy) is 2. The summed E-state index contributed by atoms with van der Waals surface area (Å²) in [4.78, 5) is 39.4. The van der Waals surface area contributed by atoms with Crippen LogP contribution >= 0.6 is 11.6 Å². The number of carbonyl (C=O) groups excluding carboxylic acids is 3. The highest BCUT2D eigenvalue weighted by molar-refractivity contribution is 6.31. The molecule has 0 aromatic heterocycles. The number of carbonyl (C=O) groups is 3. The molecule has 2 aromatic rings. The lowest BCUT2D eigenvalue weighted by Gasteiger charge is -2.20. The molecule has 0 radical (unpaired) electrons. The van der Waals surface area contributed by atoms with E-state index in [-0.39, 0.29) is 6.54 Å². The van der Waals surface area contributed by atoms with Crippen molar-refractivity contribution in [3.8, 4) is 11.5 Å². The van der Waals surface area contributed by atoms with Crippen molar-refractivity contribution in [2.45, 2.75) is 12.1 Å². The van der Waals surface area contributed by atoms with Crippen molar-refractivity contribution in [2.75, 3.05) is 31.0 Å². The lowest BCUT2D eigenvalue weighted by molar-refractivity contribution is -0.123. The number of hydrogen-bond acceptors (Lipinski definition) is 8. The summed E-state index contributed by atoms with van der Waals surface area (Å²) >= 11 is 5.98. The number of imide groups is 1. The Morgan fingerprint density at radius 2 is 1.84 bits per heavy atom. The molecular formula is C20H18ClN5O5. The van der Waals surface area contributed by atoms with E-state index in [9.17, 15) is 14.4 Å². The van der Waals surface area contributed by atoms with Crippen LogP contribution in [0.3, 0.4) is 0 Å². The number of nitrogens with one attached hydrogen (secondary N) is 1. The highest BCUT2D eigenvalue weighted by Gasteiger charge is 2.55. The van der Waals surface area contributed by atoms with E-state index in [2.05, 4.69) is 15.7 Å². The Labute approximate surface area is 182 Å². The summed E-state index contributed by atoms with van der Waals surface area (Å²) in [5, 5.41) is 12.1. The van der Waals surface area contributed by atoms with Gasteiger partial charge in [0.05, 0.1) is 25.6 Å². The van der Waals surface area contributed by atoms with E-state index in [4.69, 9.17) is 21.1 Å². The Morgan fingerprint density at radius 1 is 1.10 bits per heavy atom. The quantitative estimate of drug-likeness (QED) is 0.685. The van der Waals surface area contributed by atoms with Crippen molar-refractivity contribution < 1.29 is 23.9 Å². The monoisotopic (exact) mass is 443 g/mol. The highest BCUT2D eigenvalue weighted by Crippen LogP contribution is 2.33. The Bertz CT molecular complexity index is 1070. The number of hydrogen-bond donors (Lipinski definition) is 1. The molecule has 2 aliphatic rings. The molecule has 31 heavy (non-hydrogen) atoms. The van der Waals surface area contributed by atoms with Gasteiger partial charge in [0.25, 0.3) is 11.8 Å². The van der Waals surface area contributed by atoms with Gasteiger partial charge in [-0.1, -0.05) is 16.8 Å². The number of benzene rings is 2. The van der Waals surface area contributed by atoms with Crippen LogP contribution in [0.4, 0.5) is 11.4 Å². The molecule has 2 aromatic carbocycles. The fraction of sp³-hybridized carbons (Fsp3) is 0.250. The van der Waals surface area contributed by atoms with Gasteiger partial charge in [0.15, 0.2) is 12.1 Å². The fourth-order valence-electron chi connectivity index (χ4n) is 3.45. The Balaban J connectivity index is 1.49. The lowest BCUT2D eigenvalue weighted by atomic mass is 10.1. The molecule has 0 spiro atoms. The maximum atomic E-state index is 13.0. The Hall–Kier alpha value is -3.66. The third-order valence-corrected chi connectivity index (χ3v) is 5.16. The Kier molecular flexibility index (Phi) is 5.47. The molecule has 0 bridgehead atoms. The SMILES string of the molecule is COc1ccc(N2C(=O)[C@@H]3N=NN(CC(=O)Nc4cc(Cl)ccc4OC)[C@H]3C2=O)cc1. The van der Waals surface area contributed by atoms with Crippen LogP contribution in [0.15, 0.2) is 52.8 Å². The van der Waals surface area contributed by atoms with Crippen molar-refractivity contribution in [3.63, 3.8) is 0 Å². The first-order chi connectivity index (χ1) is 14.9. The molecule has 2 aliphatic heterocycles. The van der Waals surface area contributed by atoms with Crippen LogP contribution in [0, 0.1) is 0 Å². The highest BCUT2D eigenvalue weighted by atomic mass is 35.5. The number of halogens is 1. The van der Waals surface area contributed by atoms with Crippen molar-refractivity contribution in [1.29, 1.82) is 0 Å². The molecule has 0 unspecified atom stereocenters. The van der Waals surface area contributed by atoms with Gasteiger partial charge >= 0.3 is 0 Å². The van der Waals surface area contributed by atoms with Gasteiger partial charge in [-0.3, -0.25) is 19.4 Å². The smallest absolute Gasteiger partial charge is 0.263 e. The number of methoxy groups -OCH3 is 2. The van der Waals surface area contributed by atoms with Gasteiger partial charge in [0.1, 0.15) is 18.0 Å². The Morgan fingerprint density at radius 3 is 2.52 bits per heavy atom. The minimum atomic E-state index is -0.997. The zero-order chi connectivity index (χ0) is 22.1. The predicted molar refractivity (Wildman–Crippen MR) is 111 cm³/mol. The summed E-state index contributed by atoms with van der Waals surface area (Å²) in [7, 11) is 2.99. The second-order valence-corrected chi connectivity index (χ2v) is 7.23. The molecule has 3 amide bonds. The lowest BCUT2D eigenvalue weighted by Crippen LogP contribution is -2.43. The summed E-state index contributed by atoms with van der Waals surface area (Å²) in [5.74, 6) is -0.445. The second kappa shape index (κ2) is 8.23. The first-order valence-corrected chi connectivity index (χ1v) is 9.63. The maximum Gasteiger partial charge on any atom is 0.263 e. The summed E-state index contributed by atoms with van der Waals surface area (Å²) in [5.41, 5.74) is 0.773. The van der Waals surface area contributed by atoms with Gasteiger partial charge in [0.2, 0.25) is 5.91 Å². The largest absolute Gasteiger partial charge is 0.497 e. The first-order valence-electron chi connectivity index (χ1n) is 9.25. The molecule has 1 N–H and O–H groups in total. The molecule has 1 fully saturated rings. The zero-order valence-electron chi connectivity index (χ0n) is 16.6. The first kappa shape index (κ1) is 20.6. The van der Waals surface area contributed by atoms with Crippen LogP contribution in [0.1, 0.15) is 0 Å². The molecule has 160 valence electrons. The van der Waals surface area contributed by atoms with Gasteiger partial charge < -0.3 is 14.8 Å². The average molecular weight is 444 g/mol. The minimum absolute atomic E-state index is 0.282. The number of anilines is 2. The molecule has 2 heterocycles. The van der Waals surface area contributed by atoms with E-state index in [0.717, 1.165) is 4.90 Å². The molecule has 4 rings (SSSR count). The molecule has 0 aliphatic carbocycles. The maximum absolute atomic E-state index is 13.0. The van der Waals surface area contributed by atoms with E-state index < -0.39 is 29.8 Å². The number of rotatable bonds is 6. The van der Waals surface area contributed by atoms with Gasteiger partial charge in [-0.05, 0) is 42.5 Å². The molecule has 1 saturated heterocycles. The van der Waals surface area contributed by atoms with E-state index in [1.807, 2.05) is 0 Å². The molecular weight excluding hydrogens is 426 g/mol. The zero-order valence-corrected chi connectivity index (χ0v) is 17.4. The van der Waals surface area contributed by atoms with Crippen LogP contribution in [-0.2, 0) is 14.4 Å². The third kappa shape index (κ3) is 3.77. The van der Waals surface area contributed by atoms with Crippen molar-refractivity contribution in [3.05, 3.63) is 47.5 Å². The summed E-state index contributed by atoms with van der Waals surface area (Å²) in [6.07, 6.45) is 0. The number of nitrogens with zero attached hydrogens (tertiary/aromatic N) is 4. The van der Waals surface area contributed by atoms with Crippen molar-refractivity contribution in [2.24, 2.45) is 10.3 Å². The van der Waals surface area contributed by atoms with Gasteiger partial charge in [0, 0.05) is 5.02 Å². The second-order valence-electron chi connectivity index (χ2n) is 6.79. The van der Waals surface area contributed by atoms with Crippen LogP contribution < -0.4 is 19.7 Å². The minimum Gasteiger partial charge on any atom is -0.497 e. The van der Waals surface area contributed by atoms with Crippen LogP contribution in [0.5, 0.6) is 11.5 Å². The van der Waals surface area contributed by atoms with Gasteiger partial charge in [-0.25, -0.2) is 4.90 Å². The molecule has 10 nitrogen and oxygen atoms in total. The average Bonchev–Trinajstić information content (AvgIpc) is 3.28. The van der Waals surface area contributed by atoms with Gasteiger partial charge in [-0.2, -0.15) is 5.11 Å². The van der Waals surface area contributed by atoms with E-state index in [1.54, 1.807) is 42.5 Å². The summed E-state index contributed by atoms with van der Waals surface area (Å²) in [6.45, 7) is -0.282. The van der Waals surface area contributed by atoms with Crippen LogP contribution in [-0.4, -0.2) is 55.6 Å². The van der Waals surface area contributed by atoms with Crippen molar-refractivity contribution in [1.82, 2.24) is 5.01 Å². The van der Waals surface area contributed by atoms with Crippen LogP contribution in [0.2, 0.25) is 5.02 Å². The van der Waals surface area contributed by atoms with Crippen molar-refractivity contribution >= 4 is 40.7 Å².